The minimum absolute atomic E-state index is 0.220. The number of carbonyl (C=O) groups is 3. The second-order valence-electron chi connectivity index (χ2n) is 6.46. The predicted molar refractivity (Wildman–Crippen MR) is 107 cm³/mol. The maximum Gasteiger partial charge on any atom is 0.341 e. The minimum atomic E-state index is -4.93. The maximum absolute atomic E-state index is 12.8. The van der Waals surface area contributed by atoms with Crippen LogP contribution in [0.15, 0.2) is 59.5 Å². The number of ether oxygens (including phenoxy) is 1. The van der Waals surface area contributed by atoms with Gasteiger partial charge in [-0.05, 0) is 31.2 Å². The van der Waals surface area contributed by atoms with Crippen molar-refractivity contribution in [1.82, 2.24) is 5.32 Å². The molecule has 2 rings (SSSR count). The number of nitrogens with one attached hydrogen (secondary N) is 2. The van der Waals surface area contributed by atoms with Crippen LogP contribution in [0.1, 0.15) is 23.7 Å². The lowest BCUT2D eigenvalue weighted by molar-refractivity contribution is -0.147. The zero-order valence-electron chi connectivity index (χ0n) is 16.4. The Hall–Kier alpha value is -3.34. The number of carbonyl (C=O) groups excluding carboxylic acids is 3. The molecule has 2 amide bonds. The Morgan fingerprint density at radius 1 is 1.00 bits per heavy atom. The van der Waals surface area contributed by atoms with Gasteiger partial charge in [0, 0.05) is 11.6 Å². The average molecular weight is 454 g/mol. The molecule has 166 valence electrons. The fraction of sp³-hybridized carbons (Fsp3) is 0.250. The van der Waals surface area contributed by atoms with Crippen molar-refractivity contribution in [1.29, 1.82) is 0 Å². The molecule has 2 aromatic rings. The molecule has 1 atom stereocenters. The molecule has 2 aromatic carbocycles. The Labute approximate surface area is 177 Å². The summed E-state index contributed by atoms with van der Waals surface area (Å²) in [6.07, 6.45) is -0.220. The topological polar surface area (TPSA) is 119 Å². The molecular weight excluding hydrogens is 434 g/mol. The molecule has 0 aromatic heterocycles. The summed E-state index contributed by atoms with van der Waals surface area (Å²) in [5.41, 5.74) is 0.0619. The van der Waals surface area contributed by atoms with E-state index in [1.165, 1.54) is 12.1 Å². The zero-order valence-corrected chi connectivity index (χ0v) is 17.2. The third kappa shape index (κ3) is 6.85. The Bertz CT molecular complexity index is 1040. The van der Waals surface area contributed by atoms with Crippen molar-refractivity contribution in [3.05, 3.63) is 60.2 Å². The van der Waals surface area contributed by atoms with E-state index >= 15 is 0 Å². The molecule has 0 radical (unpaired) electrons. The highest BCUT2D eigenvalue weighted by Gasteiger charge is 2.29. The Balaban J connectivity index is 1.87. The van der Waals surface area contributed by atoms with Gasteiger partial charge in [-0.1, -0.05) is 30.3 Å². The Morgan fingerprint density at radius 3 is 2.26 bits per heavy atom. The molecule has 31 heavy (non-hydrogen) atoms. The summed E-state index contributed by atoms with van der Waals surface area (Å²) in [6, 6.07) is 12.4. The molecule has 0 fully saturated rings. The number of rotatable bonds is 9. The molecule has 0 saturated heterocycles. The lowest BCUT2D eigenvalue weighted by Gasteiger charge is -2.14. The van der Waals surface area contributed by atoms with Gasteiger partial charge in [-0.3, -0.25) is 14.4 Å². The van der Waals surface area contributed by atoms with Crippen LogP contribution in [-0.2, 0) is 24.2 Å². The normalized spacial score (nSPS) is 12.1. The van der Waals surface area contributed by atoms with Crippen LogP contribution in [0.4, 0.5) is 14.5 Å². The van der Waals surface area contributed by atoms with E-state index in [1.54, 1.807) is 37.3 Å². The number of halogens is 2. The van der Waals surface area contributed by atoms with Crippen LogP contribution >= 0.6 is 0 Å². The van der Waals surface area contributed by atoms with Crippen molar-refractivity contribution in [3.63, 3.8) is 0 Å². The molecular formula is C20H20F2N2O6S. The molecule has 0 aliphatic heterocycles. The molecule has 8 nitrogen and oxygen atoms in total. The summed E-state index contributed by atoms with van der Waals surface area (Å²) in [6.45, 7) is 0.814. The van der Waals surface area contributed by atoms with Crippen molar-refractivity contribution >= 4 is 33.3 Å². The predicted octanol–water partition coefficient (Wildman–Crippen LogP) is 2.37. The number of benzene rings is 2. The van der Waals surface area contributed by atoms with Crippen LogP contribution < -0.4 is 10.6 Å². The van der Waals surface area contributed by atoms with Crippen molar-refractivity contribution < 1.29 is 36.3 Å². The number of para-hydroxylation sites is 1. The second kappa shape index (κ2) is 10.6. The molecule has 0 heterocycles. The van der Waals surface area contributed by atoms with E-state index in [4.69, 9.17) is 4.74 Å². The number of hydrogen-bond donors (Lipinski definition) is 2. The van der Waals surface area contributed by atoms with Gasteiger partial charge < -0.3 is 15.4 Å². The lowest BCUT2D eigenvalue weighted by atomic mass is 10.2. The molecule has 0 spiro atoms. The van der Waals surface area contributed by atoms with E-state index in [0.717, 1.165) is 12.1 Å². The highest BCUT2D eigenvalue weighted by atomic mass is 32.2. The summed E-state index contributed by atoms with van der Waals surface area (Å²) < 4.78 is 53.8. The van der Waals surface area contributed by atoms with Crippen LogP contribution in [0.5, 0.6) is 0 Å². The summed E-state index contributed by atoms with van der Waals surface area (Å²) in [7, 11) is -4.93. The summed E-state index contributed by atoms with van der Waals surface area (Å²) >= 11 is 0. The first-order valence-electron chi connectivity index (χ1n) is 9.03. The van der Waals surface area contributed by atoms with E-state index in [0.29, 0.717) is 5.56 Å². The van der Waals surface area contributed by atoms with Crippen molar-refractivity contribution in [2.75, 3.05) is 11.9 Å². The number of alkyl halides is 2. The molecule has 0 aliphatic rings. The van der Waals surface area contributed by atoms with Crippen LogP contribution in [-0.4, -0.2) is 44.6 Å². The first kappa shape index (κ1) is 23.9. The SMILES string of the molecule is CC(CC(=O)OCC(=O)Nc1ccccc1S(=O)(=O)C(F)F)NC(=O)c1ccccc1. The van der Waals surface area contributed by atoms with E-state index in [2.05, 4.69) is 10.6 Å². The van der Waals surface area contributed by atoms with Gasteiger partial charge in [-0.2, -0.15) is 8.78 Å². The smallest absolute Gasteiger partial charge is 0.341 e. The molecule has 1 unspecified atom stereocenters. The Kier molecular flexibility index (Phi) is 8.20. The van der Waals surface area contributed by atoms with Crippen LogP contribution in [0.3, 0.4) is 0 Å². The second-order valence-corrected chi connectivity index (χ2v) is 8.34. The largest absolute Gasteiger partial charge is 0.455 e. The monoisotopic (exact) mass is 454 g/mol. The van der Waals surface area contributed by atoms with Gasteiger partial charge in [0.05, 0.1) is 17.0 Å². The number of esters is 1. The quantitative estimate of drug-likeness (QED) is 0.562. The van der Waals surface area contributed by atoms with Gasteiger partial charge in [0.25, 0.3) is 11.8 Å². The average Bonchev–Trinajstić information content (AvgIpc) is 2.73. The van der Waals surface area contributed by atoms with Gasteiger partial charge in [0.15, 0.2) is 6.61 Å². The van der Waals surface area contributed by atoms with E-state index in [1.807, 2.05) is 0 Å². The van der Waals surface area contributed by atoms with Crippen LogP contribution in [0, 0.1) is 0 Å². The summed E-state index contributed by atoms with van der Waals surface area (Å²) in [4.78, 5) is 35.2. The fourth-order valence-corrected chi connectivity index (χ4v) is 3.39. The molecule has 0 aliphatic carbocycles. The third-order valence-electron chi connectivity index (χ3n) is 3.95. The fourth-order valence-electron chi connectivity index (χ4n) is 2.50. The van der Waals surface area contributed by atoms with Crippen molar-refractivity contribution in [2.45, 2.75) is 30.0 Å². The number of hydrogen-bond acceptors (Lipinski definition) is 6. The van der Waals surface area contributed by atoms with Crippen LogP contribution in [0.25, 0.3) is 0 Å². The van der Waals surface area contributed by atoms with E-state index in [-0.39, 0.29) is 18.0 Å². The number of sulfone groups is 1. The maximum atomic E-state index is 12.8. The standard InChI is InChI=1S/C20H20F2N2O6S/c1-13(23-19(27)14-7-3-2-4-8-14)11-18(26)30-12-17(25)24-15-9-5-6-10-16(15)31(28,29)20(21)22/h2-10,13,20H,11-12H2,1H3,(H,23,27)(H,24,25). The summed E-state index contributed by atoms with van der Waals surface area (Å²) in [5.74, 6) is -5.73. The van der Waals surface area contributed by atoms with Gasteiger partial charge in [0.1, 0.15) is 0 Å². The highest BCUT2D eigenvalue weighted by molar-refractivity contribution is 7.91. The highest BCUT2D eigenvalue weighted by Crippen LogP contribution is 2.26. The molecule has 2 N–H and O–H groups in total. The van der Waals surface area contributed by atoms with Gasteiger partial charge in [0.2, 0.25) is 9.84 Å². The van der Waals surface area contributed by atoms with Gasteiger partial charge in [-0.25, -0.2) is 8.42 Å². The molecule has 0 bridgehead atoms. The number of anilines is 1. The van der Waals surface area contributed by atoms with E-state index < -0.39 is 45.0 Å². The molecule has 11 heteroatoms. The summed E-state index contributed by atoms with van der Waals surface area (Å²) in [5, 5.41) is 4.75. The van der Waals surface area contributed by atoms with Gasteiger partial charge in [-0.15, -0.1) is 0 Å². The Morgan fingerprint density at radius 2 is 1.61 bits per heavy atom. The van der Waals surface area contributed by atoms with Crippen molar-refractivity contribution in [2.24, 2.45) is 0 Å². The van der Waals surface area contributed by atoms with Crippen LogP contribution in [0.2, 0.25) is 0 Å². The van der Waals surface area contributed by atoms with Gasteiger partial charge >= 0.3 is 11.7 Å². The van der Waals surface area contributed by atoms with E-state index in [9.17, 15) is 31.6 Å². The first-order valence-corrected chi connectivity index (χ1v) is 10.6. The number of amides is 2. The molecule has 0 saturated carbocycles. The first-order chi connectivity index (χ1) is 14.6. The lowest BCUT2D eigenvalue weighted by Crippen LogP contribution is -2.35. The minimum Gasteiger partial charge on any atom is -0.455 e. The van der Waals surface area contributed by atoms with Crippen molar-refractivity contribution in [3.8, 4) is 0 Å². The third-order valence-corrected chi connectivity index (χ3v) is 5.39. The zero-order chi connectivity index (χ0) is 23.0.